The van der Waals surface area contributed by atoms with E-state index in [1.165, 1.54) is 0 Å². The lowest BCUT2D eigenvalue weighted by Gasteiger charge is -2.24. The molecule has 27 heavy (non-hydrogen) atoms. The number of ether oxygens (including phenoxy) is 2. The zero-order chi connectivity index (χ0) is 20.6. The van der Waals surface area contributed by atoms with Crippen LogP contribution < -0.4 is 0 Å². The molecule has 1 aliphatic carbocycles. The summed E-state index contributed by atoms with van der Waals surface area (Å²) in [7, 11) is 0. The summed E-state index contributed by atoms with van der Waals surface area (Å²) in [5.41, 5.74) is 0.0317. The zero-order valence-corrected chi connectivity index (χ0v) is 17.2. The van der Waals surface area contributed by atoms with Gasteiger partial charge in [-0.3, -0.25) is 14.4 Å². The molecule has 0 aromatic carbocycles. The van der Waals surface area contributed by atoms with Gasteiger partial charge in [0.2, 0.25) is 0 Å². The molecule has 1 aliphatic rings. The van der Waals surface area contributed by atoms with Gasteiger partial charge in [0.25, 0.3) is 0 Å². The summed E-state index contributed by atoms with van der Waals surface area (Å²) in [6, 6.07) is 0. The largest absolute Gasteiger partial charge is 0.481 e. The highest BCUT2D eigenvalue weighted by Gasteiger charge is 2.44. The van der Waals surface area contributed by atoms with E-state index in [-0.39, 0.29) is 36.4 Å². The average Bonchev–Trinajstić information content (AvgIpc) is 2.99. The summed E-state index contributed by atoms with van der Waals surface area (Å²) < 4.78 is 10.4. The van der Waals surface area contributed by atoms with Gasteiger partial charge >= 0.3 is 17.9 Å². The van der Waals surface area contributed by atoms with Gasteiger partial charge in [0, 0.05) is 0 Å². The van der Waals surface area contributed by atoms with Crippen molar-refractivity contribution >= 4 is 17.9 Å². The molecule has 154 valence electrons. The molecular weight excluding hydrogens is 348 g/mol. The molecule has 4 atom stereocenters. The first-order chi connectivity index (χ1) is 12.6. The minimum absolute atomic E-state index is 0.00599. The first-order valence-corrected chi connectivity index (χ1v) is 9.79. The van der Waals surface area contributed by atoms with E-state index in [1.807, 2.05) is 26.0 Å². The van der Waals surface area contributed by atoms with Crippen molar-refractivity contribution in [2.45, 2.75) is 60.3 Å². The average molecular weight is 382 g/mol. The van der Waals surface area contributed by atoms with Crippen molar-refractivity contribution in [1.82, 2.24) is 0 Å². The Bertz CT molecular complexity index is 545. The first-order valence-electron chi connectivity index (χ1n) is 9.79. The van der Waals surface area contributed by atoms with Crippen LogP contribution in [0.15, 0.2) is 12.2 Å². The number of carbonyl (C=O) groups excluding carboxylic acids is 2. The maximum absolute atomic E-state index is 12.3. The highest BCUT2D eigenvalue weighted by molar-refractivity contribution is 5.82. The number of carbonyl (C=O) groups is 3. The number of aliphatic carboxylic acids is 1. The van der Waals surface area contributed by atoms with Gasteiger partial charge in [0.05, 0.1) is 17.8 Å². The van der Waals surface area contributed by atoms with Gasteiger partial charge in [0.15, 0.2) is 0 Å². The molecule has 0 amide bonds. The first kappa shape index (κ1) is 23.2. The maximum Gasteiger partial charge on any atom is 0.309 e. The zero-order valence-electron chi connectivity index (χ0n) is 17.2. The lowest BCUT2D eigenvalue weighted by molar-refractivity contribution is -0.161. The molecule has 0 aromatic heterocycles. The topological polar surface area (TPSA) is 89.9 Å². The number of hydrogen-bond donors (Lipinski definition) is 1. The van der Waals surface area contributed by atoms with E-state index in [2.05, 4.69) is 20.8 Å². The van der Waals surface area contributed by atoms with Crippen LogP contribution in [0.25, 0.3) is 0 Å². The summed E-state index contributed by atoms with van der Waals surface area (Å²) in [4.78, 5) is 36.0. The fraction of sp³-hybridized carbons (Fsp3) is 0.762. The highest BCUT2D eigenvalue weighted by atomic mass is 16.6. The van der Waals surface area contributed by atoms with Crippen molar-refractivity contribution in [2.75, 3.05) is 13.2 Å². The predicted molar refractivity (Wildman–Crippen MR) is 102 cm³/mol. The summed E-state index contributed by atoms with van der Waals surface area (Å²) in [5, 5.41) is 9.44. The second-order valence-electron chi connectivity index (χ2n) is 8.44. The fourth-order valence-electron chi connectivity index (χ4n) is 3.76. The van der Waals surface area contributed by atoms with Crippen LogP contribution in [-0.4, -0.2) is 36.2 Å². The number of esters is 2. The Hall–Kier alpha value is -1.85. The van der Waals surface area contributed by atoms with E-state index in [4.69, 9.17) is 9.47 Å². The van der Waals surface area contributed by atoms with E-state index in [1.54, 1.807) is 0 Å². The summed E-state index contributed by atoms with van der Waals surface area (Å²) in [6.07, 6.45) is 6.24. The van der Waals surface area contributed by atoms with Crippen LogP contribution in [0, 0.1) is 29.1 Å². The predicted octanol–water partition coefficient (Wildman–Crippen LogP) is 3.84. The van der Waals surface area contributed by atoms with Gasteiger partial charge in [0.1, 0.15) is 13.2 Å². The van der Waals surface area contributed by atoms with Gasteiger partial charge in [-0.25, -0.2) is 0 Å². The molecule has 1 rings (SSSR count). The van der Waals surface area contributed by atoms with Crippen molar-refractivity contribution in [2.24, 2.45) is 29.1 Å². The summed E-state index contributed by atoms with van der Waals surface area (Å²) in [5.74, 6) is -3.50. The van der Waals surface area contributed by atoms with Gasteiger partial charge in [-0.15, -0.1) is 0 Å². The Morgan fingerprint density at radius 2 is 1.78 bits per heavy atom. The third kappa shape index (κ3) is 7.35. The smallest absolute Gasteiger partial charge is 0.309 e. The van der Waals surface area contributed by atoms with Crippen LogP contribution in [0.1, 0.15) is 60.3 Å². The van der Waals surface area contributed by atoms with Crippen LogP contribution in [0.3, 0.4) is 0 Å². The Kier molecular flexibility index (Phi) is 9.00. The van der Waals surface area contributed by atoms with Crippen molar-refractivity contribution in [3.8, 4) is 0 Å². The normalized spacial score (nSPS) is 24.0. The second-order valence-corrected chi connectivity index (χ2v) is 8.44. The van der Waals surface area contributed by atoms with Crippen molar-refractivity contribution in [1.29, 1.82) is 0 Å². The third-order valence-electron chi connectivity index (χ3n) is 4.99. The molecule has 1 N–H and O–H groups in total. The molecule has 4 unspecified atom stereocenters. The standard InChI is InChI=1S/C21H34O6/c1-6-8-15-9-10-16(17(15)18(22)23)20(25)27-12-11-26-19(24)14(7-2)13-21(3,4)5/h6,8,14-17H,7,9-13H2,1-5H3,(H,22,23)/b8-6-. The van der Waals surface area contributed by atoms with Crippen molar-refractivity contribution in [3.63, 3.8) is 0 Å². The van der Waals surface area contributed by atoms with Crippen molar-refractivity contribution in [3.05, 3.63) is 12.2 Å². The number of carboxylic acid groups (broad SMARTS) is 1. The van der Waals surface area contributed by atoms with Crippen LogP contribution in [0.2, 0.25) is 0 Å². The molecule has 6 nitrogen and oxygen atoms in total. The lowest BCUT2D eigenvalue weighted by atomic mass is 9.83. The summed E-state index contributed by atoms with van der Waals surface area (Å²) >= 11 is 0. The number of carboxylic acids is 1. The molecule has 1 saturated carbocycles. The molecule has 1 fully saturated rings. The minimum atomic E-state index is -0.975. The number of hydrogen-bond acceptors (Lipinski definition) is 5. The molecule has 0 spiro atoms. The van der Waals surface area contributed by atoms with E-state index in [0.29, 0.717) is 19.3 Å². The van der Waals surface area contributed by atoms with E-state index in [9.17, 15) is 19.5 Å². The SMILES string of the molecule is C/C=C\C1CCC(C(=O)OCCOC(=O)C(CC)CC(C)(C)C)C1C(=O)O. The fourth-order valence-corrected chi connectivity index (χ4v) is 3.76. The monoisotopic (exact) mass is 382 g/mol. The Labute approximate surface area is 162 Å². The lowest BCUT2D eigenvalue weighted by Crippen LogP contribution is -2.31. The Balaban J connectivity index is 2.46. The molecule has 0 aliphatic heterocycles. The second kappa shape index (κ2) is 10.5. The van der Waals surface area contributed by atoms with Crippen LogP contribution in [0.4, 0.5) is 0 Å². The van der Waals surface area contributed by atoms with Crippen LogP contribution >= 0.6 is 0 Å². The molecule has 0 aromatic rings. The van der Waals surface area contributed by atoms with Gasteiger partial charge < -0.3 is 14.6 Å². The van der Waals surface area contributed by atoms with E-state index in [0.717, 1.165) is 6.42 Å². The van der Waals surface area contributed by atoms with E-state index < -0.39 is 23.8 Å². The Morgan fingerprint density at radius 3 is 2.30 bits per heavy atom. The number of rotatable bonds is 9. The van der Waals surface area contributed by atoms with Crippen molar-refractivity contribution < 1.29 is 29.0 Å². The van der Waals surface area contributed by atoms with Crippen LogP contribution in [-0.2, 0) is 23.9 Å². The highest BCUT2D eigenvalue weighted by Crippen LogP contribution is 2.39. The molecule has 0 saturated heterocycles. The Morgan fingerprint density at radius 1 is 1.15 bits per heavy atom. The van der Waals surface area contributed by atoms with Crippen LogP contribution in [0.5, 0.6) is 0 Å². The minimum Gasteiger partial charge on any atom is -0.481 e. The molecular formula is C21H34O6. The third-order valence-corrected chi connectivity index (χ3v) is 4.99. The maximum atomic E-state index is 12.3. The van der Waals surface area contributed by atoms with Gasteiger partial charge in [-0.05, 0) is 43.9 Å². The van der Waals surface area contributed by atoms with Gasteiger partial charge in [-0.1, -0.05) is 39.8 Å². The molecule has 0 heterocycles. The quantitative estimate of drug-likeness (QED) is 0.370. The van der Waals surface area contributed by atoms with Gasteiger partial charge in [-0.2, -0.15) is 0 Å². The van der Waals surface area contributed by atoms with E-state index >= 15 is 0 Å². The molecule has 6 heteroatoms. The molecule has 0 bridgehead atoms. The number of allylic oxidation sites excluding steroid dienone is 2. The molecule has 0 radical (unpaired) electrons. The summed E-state index contributed by atoms with van der Waals surface area (Å²) in [6.45, 7) is 9.96.